The lowest BCUT2D eigenvalue weighted by Gasteiger charge is -2.20. The van der Waals surface area contributed by atoms with Gasteiger partial charge in [0.2, 0.25) is 5.91 Å². The number of hydrogen-bond donors (Lipinski definition) is 3. The van der Waals surface area contributed by atoms with E-state index in [2.05, 4.69) is 31.3 Å². The Bertz CT molecular complexity index is 1360. The number of unbranched alkanes of at least 4 members (excludes halogenated alkanes) is 63. The van der Waals surface area contributed by atoms with Crippen LogP contribution in [0, 0.1) is 0 Å². The first-order valence-corrected chi connectivity index (χ1v) is 40.1. The van der Waals surface area contributed by atoms with E-state index < -0.39 is 12.1 Å². The zero-order valence-corrected chi connectivity index (χ0v) is 59.3. The Morgan fingerprint density at radius 2 is 0.540 bits per heavy atom. The maximum absolute atomic E-state index is 12.5. The third-order valence-corrected chi connectivity index (χ3v) is 19.0. The Labute approximate surface area is 545 Å². The highest BCUT2D eigenvalue weighted by atomic mass is 16.5. The zero-order valence-electron chi connectivity index (χ0n) is 59.3. The lowest BCUT2D eigenvalue weighted by atomic mass is 10.0. The second-order valence-corrected chi connectivity index (χ2v) is 27.8. The maximum atomic E-state index is 12.5. The van der Waals surface area contributed by atoms with Crippen LogP contribution in [0.15, 0.2) is 24.3 Å². The first-order chi connectivity index (χ1) is 43.0. The fraction of sp³-hybridized carbons (Fsp3) is 0.926. The van der Waals surface area contributed by atoms with Crippen molar-refractivity contribution in [2.75, 3.05) is 13.2 Å². The van der Waals surface area contributed by atoms with Gasteiger partial charge in [-0.15, -0.1) is 0 Å². The van der Waals surface area contributed by atoms with E-state index in [0.29, 0.717) is 19.4 Å². The molecule has 0 aromatic carbocycles. The molecule has 0 saturated carbocycles. The van der Waals surface area contributed by atoms with E-state index in [9.17, 15) is 19.8 Å². The summed E-state index contributed by atoms with van der Waals surface area (Å²) < 4.78 is 5.51. The molecule has 0 aromatic heterocycles. The van der Waals surface area contributed by atoms with E-state index in [1.165, 1.54) is 392 Å². The minimum Gasteiger partial charge on any atom is -0.466 e. The number of nitrogens with one attached hydrogen (secondary N) is 1. The van der Waals surface area contributed by atoms with E-state index >= 15 is 0 Å². The number of carbonyl (C=O) groups excluding carboxylic acids is 2. The van der Waals surface area contributed by atoms with Crippen LogP contribution in [-0.2, 0) is 14.3 Å². The molecule has 0 radical (unpaired) electrons. The van der Waals surface area contributed by atoms with Crippen LogP contribution in [0.5, 0.6) is 0 Å². The van der Waals surface area contributed by atoms with Crippen molar-refractivity contribution in [3.05, 3.63) is 24.3 Å². The number of allylic oxidation sites excluding steroid dienone is 3. The van der Waals surface area contributed by atoms with Crippen molar-refractivity contribution in [3.63, 3.8) is 0 Å². The Balaban J connectivity index is 3.32. The van der Waals surface area contributed by atoms with Gasteiger partial charge in [0.1, 0.15) is 0 Å². The molecular weight excluding hydrogens is 1070 g/mol. The highest BCUT2D eigenvalue weighted by molar-refractivity contribution is 5.76. The van der Waals surface area contributed by atoms with Gasteiger partial charge in [0.15, 0.2) is 0 Å². The standard InChI is InChI=1S/C81H157NO5/c1-3-5-7-9-11-13-15-17-19-46-49-53-57-61-65-69-73-79(84)78(77-83)82-80(85)74-70-66-62-58-54-50-47-43-41-39-37-35-33-31-29-27-25-23-21-20-22-24-26-28-30-32-34-36-38-40-42-44-48-52-56-60-64-68-72-76-87-81(86)75-71-67-63-59-55-51-45-18-16-14-12-10-8-6-4-2/h20-21,69,73,78-79,83-84H,3-19,22-68,70-72,74-77H2,1-2H3,(H,82,85)/b21-20-,73-69+. The molecule has 516 valence electrons. The van der Waals surface area contributed by atoms with E-state index in [1.807, 2.05) is 6.08 Å². The van der Waals surface area contributed by atoms with Gasteiger partial charge in [0, 0.05) is 12.8 Å². The number of ether oxygens (including phenoxy) is 1. The Morgan fingerprint density at radius 3 is 0.816 bits per heavy atom. The summed E-state index contributed by atoms with van der Waals surface area (Å²) in [6.45, 7) is 4.96. The van der Waals surface area contributed by atoms with Crippen LogP contribution < -0.4 is 5.32 Å². The normalized spacial score (nSPS) is 12.6. The van der Waals surface area contributed by atoms with Crippen molar-refractivity contribution in [1.82, 2.24) is 5.32 Å². The summed E-state index contributed by atoms with van der Waals surface area (Å²) in [5.74, 6) is -0.0340. The molecule has 0 aliphatic rings. The molecular formula is C81H157NO5. The third-order valence-electron chi connectivity index (χ3n) is 19.0. The molecule has 0 saturated heterocycles. The van der Waals surface area contributed by atoms with Crippen LogP contribution in [-0.4, -0.2) is 47.4 Å². The summed E-state index contributed by atoms with van der Waals surface area (Å²) in [7, 11) is 0. The number of aliphatic hydroxyl groups is 2. The number of carbonyl (C=O) groups is 2. The van der Waals surface area contributed by atoms with Crippen LogP contribution >= 0.6 is 0 Å². The SMILES string of the molecule is CCCCCCCCCCCCCCCC/C=C/C(O)C(CO)NC(=O)CCCCCCCCCCCCCCCCCCC/C=C\CCCCCCCCCCCCCCCCCCCCOC(=O)CCCCCCCCCCCCCCCCC. The lowest BCUT2D eigenvalue weighted by Crippen LogP contribution is -2.45. The first-order valence-electron chi connectivity index (χ1n) is 40.1. The minimum atomic E-state index is -0.841. The summed E-state index contributed by atoms with van der Waals surface area (Å²) in [5, 5.41) is 23.2. The van der Waals surface area contributed by atoms with Gasteiger partial charge in [-0.25, -0.2) is 0 Å². The summed E-state index contributed by atoms with van der Waals surface area (Å²) in [6.07, 6.45) is 98.9. The molecule has 0 heterocycles. The smallest absolute Gasteiger partial charge is 0.305 e. The summed E-state index contributed by atoms with van der Waals surface area (Å²) in [6, 6.07) is -0.624. The number of amides is 1. The van der Waals surface area contributed by atoms with Crippen molar-refractivity contribution in [1.29, 1.82) is 0 Å². The molecule has 6 heteroatoms. The quantitative estimate of drug-likeness (QED) is 0.0320. The molecule has 2 atom stereocenters. The molecule has 2 unspecified atom stereocenters. The van der Waals surface area contributed by atoms with Crippen molar-refractivity contribution >= 4 is 11.9 Å². The highest BCUT2D eigenvalue weighted by Crippen LogP contribution is 2.20. The van der Waals surface area contributed by atoms with Gasteiger partial charge in [-0.3, -0.25) is 9.59 Å². The Hall–Kier alpha value is -1.66. The molecule has 6 nitrogen and oxygen atoms in total. The van der Waals surface area contributed by atoms with Gasteiger partial charge in [-0.1, -0.05) is 411 Å². The number of aliphatic hydroxyl groups excluding tert-OH is 2. The molecule has 0 bridgehead atoms. The predicted octanol–water partition coefficient (Wildman–Crippen LogP) is 26.4. The average molecular weight is 1230 g/mol. The number of hydrogen-bond acceptors (Lipinski definition) is 5. The van der Waals surface area contributed by atoms with Crippen molar-refractivity contribution in [2.45, 2.75) is 469 Å². The molecule has 0 aliphatic heterocycles. The highest BCUT2D eigenvalue weighted by Gasteiger charge is 2.18. The zero-order chi connectivity index (χ0) is 62.8. The first kappa shape index (κ1) is 85.3. The second kappa shape index (κ2) is 76.8. The minimum absolute atomic E-state index is 0.0261. The van der Waals surface area contributed by atoms with E-state index in [1.54, 1.807) is 6.08 Å². The molecule has 87 heavy (non-hydrogen) atoms. The monoisotopic (exact) mass is 1220 g/mol. The topological polar surface area (TPSA) is 95.9 Å². The Morgan fingerprint density at radius 1 is 0.310 bits per heavy atom. The van der Waals surface area contributed by atoms with Crippen LogP contribution in [0.4, 0.5) is 0 Å². The molecule has 1 amide bonds. The molecule has 0 spiro atoms. The van der Waals surface area contributed by atoms with Crippen molar-refractivity contribution < 1.29 is 24.5 Å². The van der Waals surface area contributed by atoms with Crippen LogP contribution in [0.2, 0.25) is 0 Å². The molecule has 0 fully saturated rings. The van der Waals surface area contributed by atoms with Gasteiger partial charge in [0.25, 0.3) is 0 Å². The molecule has 3 N–H and O–H groups in total. The third kappa shape index (κ3) is 73.3. The van der Waals surface area contributed by atoms with E-state index in [0.717, 1.165) is 38.5 Å². The van der Waals surface area contributed by atoms with E-state index in [4.69, 9.17) is 4.74 Å². The fourth-order valence-electron chi connectivity index (χ4n) is 12.9. The number of rotatable bonds is 76. The summed E-state index contributed by atoms with van der Waals surface area (Å²) >= 11 is 0. The van der Waals surface area contributed by atoms with Gasteiger partial charge >= 0.3 is 5.97 Å². The number of esters is 1. The summed E-state index contributed by atoms with van der Waals surface area (Å²) in [5.41, 5.74) is 0. The average Bonchev–Trinajstić information content (AvgIpc) is 3.58. The molecule has 0 aliphatic carbocycles. The Kier molecular flexibility index (Phi) is 75.3. The van der Waals surface area contributed by atoms with Gasteiger partial charge in [-0.05, 0) is 57.8 Å². The van der Waals surface area contributed by atoms with Crippen molar-refractivity contribution in [3.8, 4) is 0 Å². The summed E-state index contributed by atoms with van der Waals surface area (Å²) in [4.78, 5) is 24.6. The van der Waals surface area contributed by atoms with Gasteiger partial charge in [0.05, 0.1) is 25.4 Å². The predicted molar refractivity (Wildman–Crippen MR) is 384 cm³/mol. The van der Waals surface area contributed by atoms with Crippen LogP contribution in [0.1, 0.15) is 457 Å². The van der Waals surface area contributed by atoms with Crippen LogP contribution in [0.3, 0.4) is 0 Å². The van der Waals surface area contributed by atoms with Gasteiger partial charge < -0.3 is 20.3 Å². The largest absolute Gasteiger partial charge is 0.466 e. The van der Waals surface area contributed by atoms with Crippen LogP contribution in [0.25, 0.3) is 0 Å². The van der Waals surface area contributed by atoms with Gasteiger partial charge in [-0.2, -0.15) is 0 Å². The van der Waals surface area contributed by atoms with Crippen molar-refractivity contribution in [2.24, 2.45) is 0 Å². The molecule has 0 rings (SSSR count). The maximum Gasteiger partial charge on any atom is 0.305 e. The fourth-order valence-corrected chi connectivity index (χ4v) is 12.9. The second-order valence-electron chi connectivity index (χ2n) is 27.8. The van der Waals surface area contributed by atoms with E-state index in [-0.39, 0.29) is 18.5 Å². The molecule has 0 aromatic rings. The lowest BCUT2D eigenvalue weighted by molar-refractivity contribution is -0.143.